The zero-order chi connectivity index (χ0) is 15.2. The molecule has 0 spiro atoms. The molecule has 0 bridgehead atoms. The monoisotopic (exact) mass is 283 g/mol. The highest BCUT2D eigenvalue weighted by molar-refractivity contribution is 5.37. The highest BCUT2D eigenvalue weighted by Crippen LogP contribution is 2.18. The number of nitrogens with one attached hydrogen (secondary N) is 2. The van der Waals surface area contributed by atoms with Gasteiger partial charge in [0.05, 0.1) is 18.2 Å². The lowest BCUT2D eigenvalue weighted by atomic mass is 9.99. The lowest BCUT2D eigenvalue weighted by Gasteiger charge is -2.29. The first-order valence-electron chi connectivity index (χ1n) is 6.98. The molecule has 7 nitrogen and oxygen atoms in total. The Morgan fingerprint density at radius 3 is 2.40 bits per heavy atom. The van der Waals surface area contributed by atoms with E-state index in [2.05, 4.69) is 25.6 Å². The van der Waals surface area contributed by atoms with Crippen LogP contribution in [0.25, 0.3) is 0 Å². The molecule has 1 heterocycles. The van der Waals surface area contributed by atoms with Gasteiger partial charge < -0.3 is 20.5 Å². The largest absolute Gasteiger partial charge is 0.463 e. The first-order valence-corrected chi connectivity index (χ1v) is 6.98. The minimum absolute atomic E-state index is 0.279. The van der Waals surface area contributed by atoms with Crippen LogP contribution in [0.1, 0.15) is 41.0 Å². The average Bonchev–Trinajstić information content (AvgIpc) is 2.35. The summed E-state index contributed by atoms with van der Waals surface area (Å²) in [4.78, 5) is 12.7. The lowest BCUT2D eigenvalue weighted by Crippen LogP contribution is -2.42. The maximum Gasteiger partial charge on any atom is 0.323 e. The minimum Gasteiger partial charge on any atom is -0.463 e. The van der Waals surface area contributed by atoms with Gasteiger partial charge in [-0.2, -0.15) is 15.0 Å². The summed E-state index contributed by atoms with van der Waals surface area (Å²) in [5.74, 6) is 0.838. The highest BCUT2D eigenvalue weighted by atomic mass is 16.5. The molecule has 0 aliphatic carbocycles. The van der Waals surface area contributed by atoms with Gasteiger partial charge in [0.1, 0.15) is 0 Å². The fourth-order valence-electron chi connectivity index (χ4n) is 1.30. The van der Waals surface area contributed by atoms with Gasteiger partial charge in [0.25, 0.3) is 0 Å². The maximum atomic E-state index is 9.74. The van der Waals surface area contributed by atoms with Crippen LogP contribution in [0.15, 0.2) is 0 Å². The summed E-state index contributed by atoms with van der Waals surface area (Å²) in [5, 5.41) is 15.9. The van der Waals surface area contributed by atoms with E-state index in [1.807, 2.05) is 27.7 Å². The first-order chi connectivity index (χ1) is 9.39. The molecule has 0 aromatic carbocycles. The van der Waals surface area contributed by atoms with Crippen molar-refractivity contribution in [2.45, 2.75) is 52.7 Å². The molecule has 1 rings (SSSR count). The van der Waals surface area contributed by atoms with Crippen LogP contribution in [0.5, 0.6) is 6.01 Å². The molecule has 7 heteroatoms. The number of aliphatic hydroxyl groups is 1. The molecule has 20 heavy (non-hydrogen) atoms. The van der Waals surface area contributed by atoms with E-state index in [1.165, 1.54) is 0 Å². The SMILES string of the molecule is CCCOc1nc(NCC)nc(NC(C)(C)C(C)O)n1. The molecule has 114 valence electrons. The van der Waals surface area contributed by atoms with Crippen LogP contribution in [0.2, 0.25) is 0 Å². The Morgan fingerprint density at radius 2 is 1.85 bits per heavy atom. The predicted octanol–water partition coefficient (Wildman–Crippen LogP) is 1.66. The van der Waals surface area contributed by atoms with Gasteiger partial charge in [-0.3, -0.25) is 0 Å². The van der Waals surface area contributed by atoms with Crippen LogP contribution >= 0.6 is 0 Å². The Morgan fingerprint density at radius 1 is 1.20 bits per heavy atom. The van der Waals surface area contributed by atoms with Gasteiger partial charge in [-0.15, -0.1) is 0 Å². The number of ether oxygens (including phenoxy) is 1. The number of nitrogens with zero attached hydrogens (tertiary/aromatic N) is 3. The Kier molecular flexibility index (Phi) is 5.94. The van der Waals surface area contributed by atoms with Crippen LogP contribution in [0.4, 0.5) is 11.9 Å². The Hall–Kier alpha value is -1.63. The molecular weight excluding hydrogens is 258 g/mol. The van der Waals surface area contributed by atoms with Crippen LogP contribution < -0.4 is 15.4 Å². The fourth-order valence-corrected chi connectivity index (χ4v) is 1.30. The van der Waals surface area contributed by atoms with Gasteiger partial charge in [-0.25, -0.2) is 0 Å². The number of hydrogen-bond acceptors (Lipinski definition) is 7. The Bertz CT molecular complexity index is 423. The van der Waals surface area contributed by atoms with Crippen molar-refractivity contribution in [3.8, 4) is 6.01 Å². The van der Waals surface area contributed by atoms with Gasteiger partial charge in [0, 0.05) is 6.54 Å². The van der Waals surface area contributed by atoms with E-state index in [1.54, 1.807) is 6.92 Å². The molecule has 0 fully saturated rings. The van der Waals surface area contributed by atoms with Crippen molar-refractivity contribution >= 4 is 11.9 Å². The normalized spacial score (nSPS) is 12.9. The van der Waals surface area contributed by atoms with E-state index in [-0.39, 0.29) is 6.01 Å². The summed E-state index contributed by atoms with van der Waals surface area (Å²) in [6.07, 6.45) is 0.325. The van der Waals surface area contributed by atoms with E-state index in [0.29, 0.717) is 25.0 Å². The quantitative estimate of drug-likeness (QED) is 0.668. The third-order valence-electron chi connectivity index (χ3n) is 2.86. The molecule has 0 aliphatic heterocycles. The number of rotatable bonds is 8. The number of hydrogen-bond donors (Lipinski definition) is 3. The number of aromatic nitrogens is 3. The Balaban J connectivity index is 2.96. The zero-order valence-electron chi connectivity index (χ0n) is 12.9. The third-order valence-corrected chi connectivity index (χ3v) is 2.86. The standard InChI is InChI=1S/C13H25N5O2/c1-6-8-20-12-16-10(14-7-2)15-11(17-12)18-13(4,5)9(3)19/h9,19H,6-8H2,1-5H3,(H2,14,15,16,17,18). The van der Waals surface area contributed by atoms with Crippen molar-refractivity contribution in [3.05, 3.63) is 0 Å². The number of anilines is 2. The molecule has 1 atom stereocenters. The first kappa shape index (κ1) is 16.4. The van der Waals surface area contributed by atoms with E-state index >= 15 is 0 Å². The molecule has 3 N–H and O–H groups in total. The fraction of sp³-hybridized carbons (Fsp3) is 0.769. The third kappa shape index (κ3) is 4.80. The molecule has 1 unspecified atom stereocenters. The van der Waals surface area contributed by atoms with Crippen molar-refractivity contribution in [1.29, 1.82) is 0 Å². The second-order valence-electron chi connectivity index (χ2n) is 5.17. The van der Waals surface area contributed by atoms with Crippen molar-refractivity contribution in [2.75, 3.05) is 23.8 Å². The van der Waals surface area contributed by atoms with Gasteiger partial charge in [0.15, 0.2) is 0 Å². The van der Waals surface area contributed by atoms with Crippen LogP contribution in [0.3, 0.4) is 0 Å². The van der Waals surface area contributed by atoms with E-state index in [9.17, 15) is 5.11 Å². The molecule has 0 amide bonds. The summed E-state index contributed by atoms with van der Waals surface area (Å²) in [7, 11) is 0. The summed E-state index contributed by atoms with van der Waals surface area (Å²) in [6, 6.07) is 0.279. The van der Waals surface area contributed by atoms with E-state index in [0.717, 1.165) is 6.42 Å². The van der Waals surface area contributed by atoms with Crippen molar-refractivity contribution < 1.29 is 9.84 Å². The summed E-state index contributed by atoms with van der Waals surface area (Å²) >= 11 is 0. The van der Waals surface area contributed by atoms with Crippen molar-refractivity contribution in [1.82, 2.24) is 15.0 Å². The molecule has 0 saturated carbocycles. The second-order valence-corrected chi connectivity index (χ2v) is 5.17. The predicted molar refractivity (Wildman–Crippen MR) is 79.2 cm³/mol. The average molecular weight is 283 g/mol. The minimum atomic E-state index is -0.554. The van der Waals surface area contributed by atoms with Gasteiger partial charge in [-0.05, 0) is 34.1 Å². The second kappa shape index (κ2) is 7.23. The smallest absolute Gasteiger partial charge is 0.323 e. The van der Waals surface area contributed by atoms with Crippen LogP contribution in [-0.2, 0) is 0 Å². The number of aliphatic hydroxyl groups excluding tert-OH is 1. The molecule has 0 aliphatic rings. The van der Waals surface area contributed by atoms with Gasteiger partial charge >= 0.3 is 6.01 Å². The molecule has 0 radical (unpaired) electrons. The maximum absolute atomic E-state index is 9.74. The van der Waals surface area contributed by atoms with E-state index < -0.39 is 11.6 Å². The summed E-state index contributed by atoms with van der Waals surface area (Å²) in [6.45, 7) is 10.7. The molecule has 1 aromatic heterocycles. The van der Waals surface area contributed by atoms with Gasteiger partial charge in [0.2, 0.25) is 11.9 Å². The molecular formula is C13H25N5O2. The summed E-state index contributed by atoms with van der Waals surface area (Å²) in [5.41, 5.74) is -0.549. The van der Waals surface area contributed by atoms with Crippen LogP contribution in [-0.4, -0.2) is 44.9 Å². The zero-order valence-corrected chi connectivity index (χ0v) is 12.9. The van der Waals surface area contributed by atoms with Crippen LogP contribution in [0, 0.1) is 0 Å². The Labute approximate surface area is 120 Å². The van der Waals surface area contributed by atoms with Crippen molar-refractivity contribution in [3.63, 3.8) is 0 Å². The molecule has 0 saturated heterocycles. The topological polar surface area (TPSA) is 92.2 Å². The van der Waals surface area contributed by atoms with Crippen molar-refractivity contribution in [2.24, 2.45) is 0 Å². The van der Waals surface area contributed by atoms with E-state index in [4.69, 9.17) is 4.74 Å². The highest BCUT2D eigenvalue weighted by Gasteiger charge is 2.25. The lowest BCUT2D eigenvalue weighted by molar-refractivity contribution is 0.132. The molecule has 1 aromatic rings. The summed E-state index contributed by atoms with van der Waals surface area (Å²) < 4.78 is 5.45. The van der Waals surface area contributed by atoms with Gasteiger partial charge in [-0.1, -0.05) is 6.92 Å².